The number of alkyl halides is 3. The van der Waals surface area contributed by atoms with Gasteiger partial charge in [-0.2, -0.15) is 13.2 Å². The maximum Gasteiger partial charge on any atom is 0.416 e. The van der Waals surface area contributed by atoms with E-state index in [0.717, 1.165) is 67.0 Å². The van der Waals surface area contributed by atoms with Crippen molar-refractivity contribution in [3.63, 3.8) is 0 Å². The molecule has 1 aromatic heterocycles. The summed E-state index contributed by atoms with van der Waals surface area (Å²) < 4.78 is 45.8. The van der Waals surface area contributed by atoms with E-state index in [9.17, 15) is 27.9 Å². The number of hydrogen-bond donors (Lipinski definition) is 1. The van der Waals surface area contributed by atoms with E-state index in [1.807, 2.05) is 30.3 Å². The lowest BCUT2D eigenvalue weighted by Gasteiger charge is -2.33. The van der Waals surface area contributed by atoms with Gasteiger partial charge < -0.3 is 14.7 Å². The molecule has 232 valence electrons. The summed E-state index contributed by atoms with van der Waals surface area (Å²) in [5.41, 5.74) is 2.67. The first-order valence-corrected chi connectivity index (χ1v) is 15.3. The Bertz CT molecular complexity index is 1570. The first kappa shape index (κ1) is 30.2. The highest BCUT2D eigenvalue weighted by Gasteiger charge is 2.41. The molecule has 2 saturated heterocycles. The van der Waals surface area contributed by atoms with Crippen LogP contribution in [0.15, 0.2) is 54.6 Å². The van der Waals surface area contributed by atoms with Gasteiger partial charge in [0.05, 0.1) is 29.8 Å². The lowest BCUT2D eigenvalue weighted by atomic mass is 9.78. The molecule has 1 saturated carbocycles. The molecular formula is C33H33ClF3N3O4. The average molecular weight is 628 g/mol. The number of pyridine rings is 1. The summed E-state index contributed by atoms with van der Waals surface area (Å²) in [5, 5.41) is 9.93. The largest absolute Gasteiger partial charge is 0.481 e. The smallest absolute Gasteiger partial charge is 0.416 e. The van der Waals surface area contributed by atoms with Crippen LogP contribution in [-0.2, 0) is 22.3 Å². The first-order valence-electron chi connectivity index (χ1n) is 14.9. The van der Waals surface area contributed by atoms with Crippen molar-refractivity contribution in [3.05, 3.63) is 82.0 Å². The predicted molar refractivity (Wildman–Crippen MR) is 160 cm³/mol. The molecule has 1 N–H and O–H groups in total. The monoisotopic (exact) mass is 627 g/mol. The van der Waals surface area contributed by atoms with Crippen LogP contribution < -0.4 is 4.90 Å². The Labute approximate surface area is 258 Å². The van der Waals surface area contributed by atoms with E-state index in [1.165, 1.54) is 17.0 Å². The SMILES string of the molecule is C[C@H]1[C@@H](c2cccc(C(F)(F)F)c2)OC(=O)N1Cc1nc(N2CCC2)ccc1-c1cc(C2CCC(C(=O)O)CC2)ccc1Cl. The van der Waals surface area contributed by atoms with Crippen LogP contribution in [0.5, 0.6) is 0 Å². The minimum atomic E-state index is -4.51. The Morgan fingerprint density at radius 1 is 1.02 bits per heavy atom. The van der Waals surface area contributed by atoms with Crippen molar-refractivity contribution in [1.82, 2.24) is 9.88 Å². The van der Waals surface area contributed by atoms with Gasteiger partial charge in [-0.3, -0.25) is 9.69 Å². The van der Waals surface area contributed by atoms with Gasteiger partial charge in [-0.25, -0.2) is 9.78 Å². The van der Waals surface area contributed by atoms with Crippen LogP contribution in [0.3, 0.4) is 0 Å². The third-order valence-electron chi connectivity index (χ3n) is 9.22. The van der Waals surface area contributed by atoms with E-state index in [2.05, 4.69) is 4.90 Å². The van der Waals surface area contributed by atoms with Gasteiger partial charge in [0.2, 0.25) is 0 Å². The minimum absolute atomic E-state index is 0.0801. The van der Waals surface area contributed by atoms with E-state index in [0.29, 0.717) is 23.6 Å². The molecule has 3 aliphatic rings. The van der Waals surface area contributed by atoms with Gasteiger partial charge in [-0.05, 0) is 92.5 Å². The molecule has 3 heterocycles. The quantitative estimate of drug-likeness (QED) is 0.285. The van der Waals surface area contributed by atoms with E-state index >= 15 is 0 Å². The van der Waals surface area contributed by atoms with Crippen molar-refractivity contribution in [1.29, 1.82) is 0 Å². The summed E-state index contributed by atoms with van der Waals surface area (Å²) >= 11 is 6.76. The highest BCUT2D eigenvalue weighted by molar-refractivity contribution is 6.33. The number of aliphatic carboxylic acids is 1. The maximum absolute atomic E-state index is 13.4. The minimum Gasteiger partial charge on any atom is -0.481 e. The molecule has 6 rings (SSSR count). The number of anilines is 1. The fourth-order valence-electron chi connectivity index (χ4n) is 6.47. The van der Waals surface area contributed by atoms with Crippen LogP contribution in [0, 0.1) is 5.92 Å². The summed E-state index contributed by atoms with van der Waals surface area (Å²) in [4.78, 5) is 33.2. The van der Waals surface area contributed by atoms with Crippen LogP contribution in [0.1, 0.15) is 73.4 Å². The zero-order valence-electron chi connectivity index (χ0n) is 24.2. The summed E-state index contributed by atoms with van der Waals surface area (Å²) in [7, 11) is 0. The molecule has 1 amide bonds. The molecule has 7 nitrogen and oxygen atoms in total. The second kappa shape index (κ2) is 12.0. The second-order valence-corrected chi connectivity index (χ2v) is 12.3. The van der Waals surface area contributed by atoms with E-state index in [1.54, 1.807) is 6.92 Å². The summed E-state index contributed by atoms with van der Waals surface area (Å²) in [6.07, 6.45) is -2.17. The molecule has 0 bridgehead atoms. The number of rotatable bonds is 7. The summed E-state index contributed by atoms with van der Waals surface area (Å²) in [6.45, 7) is 3.59. The fourth-order valence-corrected chi connectivity index (χ4v) is 6.69. The molecule has 3 fully saturated rings. The van der Waals surface area contributed by atoms with Gasteiger partial charge in [-0.15, -0.1) is 0 Å². The lowest BCUT2D eigenvalue weighted by molar-refractivity contribution is -0.143. The van der Waals surface area contributed by atoms with Crippen LogP contribution in [0.25, 0.3) is 11.1 Å². The van der Waals surface area contributed by atoms with E-state index in [4.69, 9.17) is 21.3 Å². The normalized spacial score (nSPS) is 23.8. The van der Waals surface area contributed by atoms with Crippen LogP contribution in [0.4, 0.5) is 23.8 Å². The third-order valence-corrected chi connectivity index (χ3v) is 9.55. The number of benzene rings is 2. The van der Waals surface area contributed by atoms with Gasteiger partial charge >= 0.3 is 18.2 Å². The lowest BCUT2D eigenvalue weighted by Crippen LogP contribution is -2.38. The number of cyclic esters (lactones) is 1. The maximum atomic E-state index is 13.4. The molecule has 0 radical (unpaired) electrons. The molecule has 2 aliphatic heterocycles. The first-order chi connectivity index (χ1) is 21.0. The van der Waals surface area contributed by atoms with E-state index in [-0.39, 0.29) is 23.9 Å². The number of halogens is 4. The topological polar surface area (TPSA) is 83.0 Å². The van der Waals surface area contributed by atoms with E-state index < -0.39 is 35.9 Å². The number of amides is 1. The molecule has 1 aliphatic carbocycles. The molecule has 0 spiro atoms. The molecule has 11 heteroatoms. The molecule has 2 atom stereocenters. The number of aromatic nitrogens is 1. The van der Waals surface area contributed by atoms with Crippen molar-refractivity contribution in [3.8, 4) is 11.1 Å². The van der Waals surface area contributed by atoms with Crippen LogP contribution in [-0.4, -0.2) is 46.2 Å². The Balaban J connectivity index is 1.31. The number of carbonyl (C=O) groups excluding carboxylic acids is 1. The van der Waals surface area contributed by atoms with Gasteiger partial charge in [0.15, 0.2) is 0 Å². The highest BCUT2D eigenvalue weighted by atomic mass is 35.5. The number of carboxylic acids is 1. The number of carbonyl (C=O) groups is 2. The number of hydrogen-bond acceptors (Lipinski definition) is 5. The Morgan fingerprint density at radius 3 is 2.43 bits per heavy atom. The summed E-state index contributed by atoms with van der Waals surface area (Å²) in [5.74, 6) is -0.0721. The third kappa shape index (κ3) is 5.96. The number of carboxylic acid groups (broad SMARTS) is 1. The van der Waals surface area contributed by atoms with Gasteiger partial charge in [0.1, 0.15) is 11.9 Å². The Morgan fingerprint density at radius 2 is 1.77 bits per heavy atom. The molecule has 2 aromatic carbocycles. The van der Waals surface area contributed by atoms with Crippen molar-refractivity contribution in [2.75, 3.05) is 18.0 Å². The van der Waals surface area contributed by atoms with Crippen molar-refractivity contribution >= 4 is 29.5 Å². The standard InChI is InChI=1S/C33H33ClF3N3O4/c1-19-30(23-4-2-5-24(16-23)33(35,36)37)44-32(43)40(19)18-28-25(11-13-29(38-28)39-14-3-15-39)26-17-22(10-12-27(26)34)20-6-8-21(9-7-20)31(41)42/h2,4-5,10-13,16-17,19-21,30H,3,6-9,14-15,18H2,1H3,(H,41,42)/t19-,20?,21?,30-/m0/s1. The zero-order chi connectivity index (χ0) is 31.2. The number of nitrogens with zero attached hydrogens (tertiary/aromatic N) is 3. The summed E-state index contributed by atoms with van der Waals surface area (Å²) in [6, 6.07) is 14.1. The highest BCUT2D eigenvalue weighted by Crippen LogP contribution is 2.41. The molecular weight excluding hydrogens is 595 g/mol. The Hall–Kier alpha value is -3.79. The molecule has 44 heavy (non-hydrogen) atoms. The zero-order valence-corrected chi connectivity index (χ0v) is 24.9. The fraction of sp³-hybridized carbons (Fsp3) is 0.424. The molecule has 0 unspecified atom stereocenters. The Kier molecular flexibility index (Phi) is 8.22. The predicted octanol–water partition coefficient (Wildman–Crippen LogP) is 8.07. The van der Waals surface area contributed by atoms with Crippen LogP contribution in [0.2, 0.25) is 5.02 Å². The van der Waals surface area contributed by atoms with Crippen LogP contribution >= 0.6 is 11.6 Å². The van der Waals surface area contributed by atoms with Crippen molar-refractivity contribution in [2.24, 2.45) is 5.92 Å². The van der Waals surface area contributed by atoms with Gasteiger partial charge in [0.25, 0.3) is 0 Å². The van der Waals surface area contributed by atoms with Gasteiger partial charge in [-0.1, -0.05) is 29.8 Å². The average Bonchev–Trinajstić information content (AvgIpc) is 3.25. The van der Waals surface area contributed by atoms with Crippen molar-refractivity contribution in [2.45, 2.75) is 69.8 Å². The van der Waals surface area contributed by atoms with Gasteiger partial charge in [0, 0.05) is 29.2 Å². The van der Waals surface area contributed by atoms with Crippen molar-refractivity contribution < 1.29 is 32.6 Å². The molecule has 3 aromatic rings. The second-order valence-electron chi connectivity index (χ2n) is 11.9. The number of ether oxygens (including phenoxy) is 1.